The zero-order valence-electron chi connectivity index (χ0n) is 12.4. The van der Waals surface area contributed by atoms with E-state index in [2.05, 4.69) is 39.5 Å². The molecule has 0 aromatic carbocycles. The first-order valence-corrected chi connectivity index (χ1v) is 7.61. The standard InChI is InChI=1S/C15H20N4OS/c1-10-7-12(15(16)18-20)9-14(17-10)19(3)11(2)8-13-5-4-6-21-13/h4-7,9,11,20H,8H2,1-3H3,(H2,16,18). The highest BCUT2D eigenvalue weighted by Gasteiger charge is 2.14. The van der Waals surface area contributed by atoms with Crippen LogP contribution in [-0.4, -0.2) is 29.1 Å². The van der Waals surface area contributed by atoms with Crippen LogP contribution >= 0.6 is 11.3 Å². The van der Waals surface area contributed by atoms with Crippen LogP contribution in [0.4, 0.5) is 5.82 Å². The first-order valence-electron chi connectivity index (χ1n) is 6.73. The molecule has 21 heavy (non-hydrogen) atoms. The Hall–Kier alpha value is -2.08. The molecule has 0 aliphatic heterocycles. The second kappa shape index (κ2) is 6.58. The summed E-state index contributed by atoms with van der Waals surface area (Å²) in [6.07, 6.45) is 0.961. The number of rotatable bonds is 5. The second-order valence-corrected chi connectivity index (χ2v) is 6.12. The largest absolute Gasteiger partial charge is 0.409 e. The maximum atomic E-state index is 8.82. The minimum absolute atomic E-state index is 0.0982. The van der Waals surface area contributed by atoms with Gasteiger partial charge in [-0.05, 0) is 37.4 Å². The maximum absolute atomic E-state index is 8.82. The Labute approximate surface area is 128 Å². The van der Waals surface area contributed by atoms with E-state index in [9.17, 15) is 0 Å². The maximum Gasteiger partial charge on any atom is 0.170 e. The molecule has 0 fully saturated rings. The summed E-state index contributed by atoms with van der Waals surface area (Å²) in [6, 6.07) is 8.15. The third-order valence-electron chi connectivity index (χ3n) is 3.44. The molecule has 2 rings (SSSR count). The van der Waals surface area contributed by atoms with Crippen molar-refractivity contribution in [3.05, 3.63) is 45.8 Å². The Bertz CT molecular complexity index is 625. The number of nitrogens with zero attached hydrogens (tertiary/aromatic N) is 3. The molecule has 3 N–H and O–H groups in total. The Kier molecular flexibility index (Phi) is 4.80. The summed E-state index contributed by atoms with van der Waals surface area (Å²) in [5.74, 6) is 0.918. The molecule has 0 spiro atoms. The monoisotopic (exact) mass is 304 g/mol. The molecule has 0 bridgehead atoms. The minimum atomic E-state index is 0.0982. The predicted octanol–water partition coefficient (Wildman–Crippen LogP) is 2.61. The average molecular weight is 304 g/mol. The third-order valence-corrected chi connectivity index (χ3v) is 4.34. The third kappa shape index (κ3) is 3.72. The number of oxime groups is 1. The number of anilines is 1. The van der Waals surface area contributed by atoms with Gasteiger partial charge in [0.2, 0.25) is 0 Å². The van der Waals surface area contributed by atoms with Gasteiger partial charge >= 0.3 is 0 Å². The van der Waals surface area contributed by atoms with Crippen molar-refractivity contribution in [3.63, 3.8) is 0 Å². The van der Waals surface area contributed by atoms with Crippen molar-refractivity contribution in [3.8, 4) is 0 Å². The summed E-state index contributed by atoms with van der Waals surface area (Å²) < 4.78 is 0. The molecule has 0 saturated carbocycles. The van der Waals surface area contributed by atoms with Gasteiger partial charge in [-0.2, -0.15) is 0 Å². The smallest absolute Gasteiger partial charge is 0.170 e. The van der Waals surface area contributed by atoms with Gasteiger partial charge in [0.15, 0.2) is 5.84 Å². The number of hydrogen-bond acceptors (Lipinski definition) is 5. The van der Waals surface area contributed by atoms with Crippen LogP contribution in [-0.2, 0) is 6.42 Å². The van der Waals surface area contributed by atoms with Crippen molar-refractivity contribution in [2.75, 3.05) is 11.9 Å². The molecule has 112 valence electrons. The molecular weight excluding hydrogens is 284 g/mol. The van der Waals surface area contributed by atoms with Gasteiger partial charge < -0.3 is 15.8 Å². The summed E-state index contributed by atoms with van der Waals surface area (Å²) in [7, 11) is 2.01. The molecule has 2 aromatic rings. The number of aromatic nitrogens is 1. The van der Waals surface area contributed by atoms with Gasteiger partial charge in [0.1, 0.15) is 5.82 Å². The van der Waals surface area contributed by atoms with Crippen LogP contribution in [0.1, 0.15) is 23.1 Å². The first-order chi connectivity index (χ1) is 10.0. The highest BCUT2D eigenvalue weighted by molar-refractivity contribution is 7.09. The highest BCUT2D eigenvalue weighted by Crippen LogP contribution is 2.19. The van der Waals surface area contributed by atoms with Crippen molar-refractivity contribution in [2.45, 2.75) is 26.3 Å². The van der Waals surface area contributed by atoms with Crippen molar-refractivity contribution in [1.29, 1.82) is 0 Å². The summed E-state index contributed by atoms with van der Waals surface area (Å²) >= 11 is 1.76. The van der Waals surface area contributed by atoms with E-state index in [0.717, 1.165) is 17.9 Å². The van der Waals surface area contributed by atoms with Crippen molar-refractivity contribution in [2.24, 2.45) is 10.9 Å². The Morgan fingerprint density at radius 3 is 2.90 bits per heavy atom. The Morgan fingerprint density at radius 1 is 1.52 bits per heavy atom. The fourth-order valence-corrected chi connectivity index (χ4v) is 2.95. The van der Waals surface area contributed by atoms with Crippen LogP contribution in [0.25, 0.3) is 0 Å². The van der Waals surface area contributed by atoms with Gasteiger partial charge in [0.05, 0.1) is 0 Å². The fraction of sp³-hybridized carbons (Fsp3) is 0.333. The van der Waals surface area contributed by atoms with Crippen molar-refractivity contribution >= 4 is 23.0 Å². The highest BCUT2D eigenvalue weighted by atomic mass is 32.1. The van der Waals surface area contributed by atoms with E-state index in [0.29, 0.717) is 11.6 Å². The number of amidine groups is 1. The number of pyridine rings is 1. The van der Waals surface area contributed by atoms with E-state index in [1.165, 1.54) is 4.88 Å². The number of hydrogen-bond donors (Lipinski definition) is 2. The van der Waals surface area contributed by atoms with Gasteiger partial charge in [0, 0.05) is 35.6 Å². The lowest BCUT2D eigenvalue weighted by atomic mass is 10.1. The SMILES string of the molecule is Cc1cc(/C(N)=N/O)cc(N(C)C(C)Cc2cccs2)n1. The van der Waals surface area contributed by atoms with E-state index in [4.69, 9.17) is 10.9 Å². The molecule has 0 saturated heterocycles. The Morgan fingerprint density at radius 2 is 2.29 bits per heavy atom. The number of nitrogens with two attached hydrogens (primary N) is 1. The topological polar surface area (TPSA) is 74.7 Å². The average Bonchev–Trinajstić information content (AvgIpc) is 2.97. The zero-order valence-corrected chi connectivity index (χ0v) is 13.3. The van der Waals surface area contributed by atoms with Crippen molar-refractivity contribution in [1.82, 2.24) is 4.98 Å². The van der Waals surface area contributed by atoms with Gasteiger partial charge in [-0.3, -0.25) is 0 Å². The van der Waals surface area contributed by atoms with Gasteiger partial charge in [0.25, 0.3) is 0 Å². The number of thiophene rings is 1. The minimum Gasteiger partial charge on any atom is -0.409 e. The lowest BCUT2D eigenvalue weighted by Crippen LogP contribution is -2.31. The van der Waals surface area contributed by atoms with Gasteiger partial charge in [-0.1, -0.05) is 11.2 Å². The van der Waals surface area contributed by atoms with Crippen LogP contribution in [0.3, 0.4) is 0 Å². The van der Waals surface area contributed by atoms with E-state index >= 15 is 0 Å². The van der Waals surface area contributed by atoms with Crippen molar-refractivity contribution < 1.29 is 5.21 Å². The molecule has 0 aliphatic carbocycles. The van der Waals surface area contributed by atoms with Gasteiger partial charge in [-0.25, -0.2) is 4.98 Å². The predicted molar refractivity (Wildman–Crippen MR) is 87.4 cm³/mol. The van der Waals surface area contributed by atoms with Crippen LogP contribution in [0.5, 0.6) is 0 Å². The number of aryl methyl sites for hydroxylation is 1. The Balaban J connectivity index is 2.22. The normalized spacial score (nSPS) is 13.2. The molecule has 0 amide bonds. The molecule has 2 heterocycles. The van der Waals surface area contributed by atoms with Crippen LogP contribution in [0.2, 0.25) is 0 Å². The van der Waals surface area contributed by atoms with Crippen LogP contribution in [0, 0.1) is 6.92 Å². The molecular formula is C15H20N4OS. The lowest BCUT2D eigenvalue weighted by molar-refractivity contribution is 0.318. The summed E-state index contributed by atoms with van der Waals surface area (Å²) in [4.78, 5) is 8.00. The molecule has 6 heteroatoms. The van der Waals surface area contributed by atoms with E-state index in [-0.39, 0.29) is 5.84 Å². The molecule has 5 nitrogen and oxygen atoms in total. The zero-order chi connectivity index (χ0) is 15.4. The summed E-state index contributed by atoms with van der Waals surface area (Å²) in [6.45, 7) is 4.06. The lowest BCUT2D eigenvalue weighted by Gasteiger charge is -2.26. The van der Waals surface area contributed by atoms with E-state index < -0.39 is 0 Å². The van der Waals surface area contributed by atoms with E-state index in [1.807, 2.05) is 20.0 Å². The molecule has 1 atom stereocenters. The first kappa shape index (κ1) is 15.3. The fourth-order valence-electron chi connectivity index (χ4n) is 2.12. The summed E-state index contributed by atoms with van der Waals surface area (Å²) in [5.41, 5.74) is 7.19. The molecule has 2 aromatic heterocycles. The second-order valence-electron chi connectivity index (χ2n) is 5.08. The molecule has 0 radical (unpaired) electrons. The molecule has 0 aliphatic rings. The molecule has 1 unspecified atom stereocenters. The van der Waals surface area contributed by atoms with E-state index in [1.54, 1.807) is 17.4 Å². The quantitative estimate of drug-likeness (QED) is 0.385. The van der Waals surface area contributed by atoms with Crippen LogP contribution in [0.15, 0.2) is 34.8 Å². The summed E-state index contributed by atoms with van der Waals surface area (Å²) in [5, 5.41) is 14.0. The number of likely N-dealkylation sites (N-methyl/N-ethyl adjacent to an activating group) is 1. The van der Waals surface area contributed by atoms with Crippen LogP contribution < -0.4 is 10.6 Å². The van der Waals surface area contributed by atoms with Gasteiger partial charge in [-0.15, -0.1) is 11.3 Å².